The van der Waals surface area contributed by atoms with Crippen LogP contribution in [0.3, 0.4) is 0 Å². The maximum Gasteiger partial charge on any atom is 0.417 e. The van der Waals surface area contributed by atoms with E-state index in [0.29, 0.717) is 29.7 Å². The Bertz CT molecular complexity index is 1210. The molecular formula is C25H25F3N4O3. The zero-order valence-electron chi connectivity index (χ0n) is 19.6. The molecule has 0 radical (unpaired) electrons. The van der Waals surface area contributed by atoms with Crippen LogP contribution in [0.5, 0.6) is 5.75 Å². The maximum atomic E-state index is 12.8. The lowest BCUT2D eigenvalue weighted by Gasteiger charge is -2.12. The van der Waals surface area contributed by atoms with Crippen LogP contribution in [-0.2, 0) is 28.5 Å². The monoisotopic (exact) mass is 486 g/mol. The molecule has 0 amide bonds. The maximum absolute atomic E-state index is 12.8. The number of rotatable bonds is 9. The van der Waals surface area contributed by atoms with Gasteiger partial charge in [0.2, 0.25) is 0 Å². The molecule has 2 aromatic heterocycles. The quantitative estimate of drug-likeness (QED) is 0.312. The number of nitrogens with zero attached hydrogens (tertiary/aromatic N) is 4. The van der Waals surface area contributed by atoms with Crippen molar-refractivity contribution >= 4 is 5.97 Å². The van der Waals surface area contributed by atoms with E-state index < -0.39 is 17.7 Å². The highest BCUT2D eigenvalue weighted by Gasteiger charge is 2.30. The largest absolute Gasteiger partial charge is 0.492 e. The van der Waals surface area contributed by atoms with E-state index in [1.165, 1.54) is 17.9 Å². The summed E-state index contributed by atoms with van der Waals surface area (Å²) >= 11 is 0. The summed E-state index contributed by atoms with van der Waals surface area (Å²) in [5, 5.41) is 13.9. The van der Waals surface area contributed by atoms with Crippen LogP contribution in [0.15, 0.2) is 42.7 Å². The van der Waals surface area contributed by atoms with Crippen LogP contribution in [0.25, 0.3) is 5.82 Å². The summed E-state index contributed by atoms with van der Waals surface area (Å²) in [4.78, 5) is 15.6. The highest BCUT2D eigenvalue weighted by Crippen LogP contribution is 2.29. The lowest BCUT2D eigenvalue weighted by molar-refractivity contribution is -0.140. The lowest BCUT2D eigenvalue weighted by atomic mass is 10.0. The minimum absolute atomic E-state index is 0.00818. The molecule has 3 rings (SSSR count). The van der Waals surface area contributed by atoms with Gasteiger partial charge in [-0.3, -0.25) is 4.79 Å². The molecule has 2 heterocycles. The van der Waals surface area contributed by atoms with E-state index in [9.17, 15) is 23.2 Å². The van der Waals surface area contributed by atoms with Crippen LogP contribution < -0.4 is 4.74 Å². The van der Waals surface area contributed by atoms with Crippen molar-refractivity contribution in [3.8, 4) is 17.6 Å². The van der Waals surface area contributed by atoms with Gasteiger partial charge in [-0.1, -0.05) is 26.0 Å². The van der Waals surface area contributed by atoms with Crippen molar-refractivity contribution in [2.75, 3.05) is 13.7 Å². The van der Waals surface area contributed by atoms with Crippen LogP contribution in [0, 0.1) is 11.3 Å². The molecule has 0 saturated carbocycles. The fourth-order valence-corrected chi connectivity index (χ4v) is 3.56. The number of ether oxygens (including phenoxy) is 2. The normalized spacial score (nSPS) is 11.4. The third kappa shape index (κ3) is 6.38. The second-order valence-electron chi connectivity index (χ2n) is 8.15. The first-order chi connectivity index (χ1) is 16.6. The fraction of sp³-hybridized carbons (Fsp3) is 0.360. The predicted molar refractivity (Wildman–Crippen MR) is 121 cm³/mol. The first-order valence-electron chi connectivity index (χ1n) is 11.0. The smallest absolute Gasteiger partial charge is 0.417 e. The number of hydrogen-bond donors (Lipinski definition) is 0. The Morgan fingerprint density at radius 1 is 1.20 bits per heavy atom. The molecule has 0 aliphatic rings. The third-order valence-corrected chi connectivity index (χ3v) is 5.30. The molecule has 1 aromatic carbocycles. The summed E-state index contributed by atoms with van der Waals surface area (Å²) in [7, 11) is 1.30. The number of esters is 1. The Morgan fingerprint density at radius 2 is 1.97 bits per heavy atom. The van der Waals surface area contributed by atoms with Crippen molar-refractivity contribution in [3.05, 3.63) is 70.7 Å². The van der Waals surface area contributed by atoms with Crippen molar-refractivity contribution < 1.29 is 27.4 Å². The van der Waals surface area contributed by atoms with Crippen molar-refractivity contribution in [1.82, 2.24) is 14.8 Å². The second kappa shape index (κ2) is 11.0. The Morgan fingerprint density at radius 3 is 2.57 bits per heavy atom. The molecule has 7 nitrogen and oxygen atoms in total. The van der Waals surface area contributed by atoms with Gasteiger partial charge < -0.3 is 9.47 Å². The van der Waals surface area contributed by atoms with E-state index in [1.807, 2.05) is 13.8 Å². The van der Waals surface area contributed by atoms with Gasteiger partial charge in [-0.15, -0.1) is 0 Å². The first kappa shape index (κ1) is 25.7. The van der Waals surface area contributed by atoms with E-state index in [2.05, 4.69) is 16.2 Å². The third-order valence-electron chi connectivity index (χ3n) is 5.30. The number of alkyl halides is 3. The summed E-state index contributed by atoms with van der Waals surface area (Å²) in [6.45, 7) is 4.25. The molecular weight excluding hydrogens is 461 g/mol. The highest BCUT2D eigenvalue weighted by molar-refractivity contribution is 5.74. The van der Waals surface area contributed by atoms with Crippen molar-refractivity contribution in [2.45, 2.75) is 45.2 Å². The van der Waals surface area contributed by atoms with E-state index in [0.717, 1.165) is 23.5 Å². The van der Waals surface area contributed by atoms with Crippen LogP contribution in [0.1, 0.15) is 54.1 Å². The number of aryl methyl sites for hydroxylation is 1. The standard InChI is InChI=1S/C25H25F3N4O3/c1-16(2)23-19(15-32(31-23)21-10-9-20(14-30-21)25(26,27)28)8-5-11-35-24-17(12-22(33)34-3)6-4-7-18(24)13-29/h4,6-7,9-10,14-16H,5,8,11-12H2,1-3H3. The minimum atomic E-state index is -4.45. The van der Waals surface area contributed by atoms with E-state index >= 15 is 0 Å². The molecule has 0 N–H and O–H groups in total. The van der Waals surface area contributed by atoms with Gasteiger partial charge in [0.1, 0.15) is 11.8 Å². The number of aromatic nitrogens is 3. The summed E-state index contributed by atoms with van der Waals surface area (Å²) in [6, 6.07) is 9.36. The van der Waals surface area contributed by atoms with Gasteiger partial charge in [0, 0.05) is 18.0 Å². The number of carbonyl (C=O) groups is 1. The van der Waals surface area contributed by atoms with Crippen molar-refractivity contribution in [2.24, 2.45) is 0 Å². The Kier molecular flexibility index (Phi) is 8.12. The minimum Gasteiger partial charge on any atom is -0.492 e. The van der Waals surface area contributed by atoms with Gasteiger partial charge in [-0.25, -0.2) is 9.67 Å². The first-order valence-corrected chi connectivity index (χ1v) is 11.0. The van der Waals surface area contributed by atoms with Gasteiger partial charge in [0.25, 0.3) is 0 Å². The van der Waals surface area contributed by atoms with E-state index in [-0.39, 0.29) is 24.8 Å². The number of para-hydroxylation sites is 1. The Balaban J connectivity index is 1.72. The van der Waals surface area contributed by atoms with Crippen LogP contribution >= 0.6 is 0 Å². The number of methoxy groups -OCH3 is 1. The number of hydrogen-bond acceptors (Lipinski definition) is 6. The Hall–Kier alpha value is -3.87. The molecule has 35 heavy (non-hydrogen) atoms. The molecule has 10 heteroatoms. The average molecular weight is 486 g/mol. The van der Waals surface area contributed by atoms with Gasteiger partial charge in [0.05, 0.1) is 37.0 Å². The van der Waals surface area contributed by atoms with Gasteiger partial charge in [-0.2, -0.15) is 23.5 Å². The summed E-state index contributed by atoms with van der Waals surface area (Å²) in [5.41, 5.74) is 1.82. The predicted octanol–water partition coefficient (Wildman–Crippen LogP) is 5.01. The average Bonchev–Trinajstić information content (AvgIpc) is 3.26. The Labute approximate surface area is 201 Å². The molecule has 0 unspecified atom stereocenters. The zero-order valence-corrected chi connectivity index (χ0v) is 19.6. The molecule has 0 atom stereocenters. The van der Waals surface area contributed by atoms with Gasteiger partial charge in [0.15, 0.2) is 5.82 Å². The highest BCUT2D eigenvalue weighted by atomic mass is 19.4. The number of benzene rings is 1. The number of halogens is 3. The summed E-state index contributed by atoms with van der Waals surface area (Å²) in [5.74, 6) is 0.301. The summed E-state index contributed by atoms with van der Waals surface area (Å²) in [6.07, 6.45) is -0.732. The summed E-state index contributed by atoms with van der Waals surface area (Å²) < 4.78 is 50.6. The lowest BCUT2D eigenvalue weighted by Crippen LogP contribution is -2.09. The van der Waals surface area contributed by atoms with Crippen molar-refractivity contribution in [1.29, 1.82) is 5.26 Å². The molecule has 0 bridgehead atoms. The van der Waals surface area contributed by atoms with Crippen LogP contribution in [0.2, 0.25) is 0 Å². The number of pyridine rings is 1. The van der Waals surface area contributed by atoms with Crippen LogP contribution in [0.4, 0.5) is 13.2 Å². The molecule has 0 fully saturated rings. The van der Waals surface area contributed by atoms with Crippen LogP contribution in [-0.4, -0.2) is 34.5 Å². The molecule has 184 valence electrons. The van der Waals surface area contributed by atoms with Crippen molar-refractivity contribution in [3.63, 3.8) is 0 Å². The van der Waals surface area contributed by atoms with E-state index in [4.69, 9.17) is 9.47 Å². The van der Waals surface area contributed by atoms with Gasteiger partial charge >= 0.3 is 12.1 Å². The molecule has 0 aliphatic heterocycles. The molecule has 3 aromatic rings. The van der Waals surface area contributed by atoms with E-state index in [1.54, 1.807) is 24.4 Å². The topological polar surface area (TPSA) is 90.0 Å². The molecule has 0 aliphatic carbocycles. The second-order valence-corrected chi connectivity index (χ2v) is 8.15. The number of nitriles is 1. The molecule has 0 saturated heterocycles. The zero-order chi connectivity index (χ0) is 25.6. The number of carbonyl (C=O) groups excluding carboxylic acids is 1. The molecule has 0 spiro atoms. The SMILES string of the molecule is COC(=O)Cc1cccc(C#N)c1OCCCc1cn(-c2ccc(C(F)(F)F)cn2)nc1C(C)C. The van der Waals surface area contributed by atoms with Gasteiger partial charge in [-0.05, 0) is 42.5 Å². The fourth-order valence-electron chi connectivity index (χ4n) is 3.56.